The molecule has 0 aromatic heterocycles. The Kier molecular flexibility index (Phi) is 4.79. The maximum absolute atomic E-state index is 13.3. The van der Waals surface area contributed by atoms with E-state index in [0.29, 0.717) is 5.02 Å². The molecular formula is C21H15BrClFN2. The van der Waals surface area contributed by atoms with Gasteiger partial charge in [0.2, 0.25) is 0 Å². The molecule has 130 valence electrons. The molecule has 0 saturated carbocycles. The van der Waals surface area contributed by atoms with Crippen molar-refractivity contribution < 1.29 is 4.39 Å². The van der Waals surface area contributed by atoms with Gasteiger partial charge in [0.05, 0.1) is 17.4 Å². The number of hydrogen-bond acceptors (Lipinski definition) is 2. The molecule has 4 rings (SSSR count). The molecule has 0 radical (unpaired) electrons. The van der Waals surface area contributed by atoms with Crippen LogP contribution >= 0.6 is 27.5 Å². The second kappa shape index (κ2) is 7.22. The summed E-state index contributed by atoms with van der Waals surface area (Å²) in [4.78, 5) is 0. The Morgan fingerprint density at radius 2 is 1.65 bits per heavy atom. The van der Waals surface area contributed by atoms with E-state index in [0.717, 1.165) is 33.4 Å². The van der Waals surface area contributed by atoms with Gasteiger partial charge in [-0.15, -0.1) is 0 Å². The van der Waals surface area contributed by atoms with Crippen molar-refractivity contribution >= 4 is 38.9 Å². The molecule has 1 atom stereocenters. The number of nitrogens with zero attached hydrogens (tertiary/aromatic N) is 2. The molecule has 0 saturated heterocycles. The van der Waals surface area contributed by atoms with Gasteiger partial charge in [-0.25, -0.2) is 4.39 Å². The Bertz CT molecular complexity index is 955. The quantitative estimate of drug-likeness (QED) is 0.458. The van der Waals surface area contributed by atoms with Crippen LogP contribution in [-0.2, 0) is 0 Å². The minimum atomic E-state index is -0.246. The topological polar surface area (TPSA) is 15.6 Å². The highest BCUT2D eigenvalue weighted by Crippen LogP contribution is 2.39. The first-order valence-corrected chi connectivity index (χ1v) is 9.41. The number of rotatable bonds is 3. The van der Waals surface area contributed by atoms with Gasteiger partial charge in [0.1, 0.15) is 5.82 Å². The highest BCUT2D eigenvalue weighted by atomic mass is 79.9. The first-order chi connectivity index (χ1) is 12.6. The number of benzene rings is 3. The van der Waals surface area contributed by atoms with Crippen LogP contribution in [0.5, 0.6) is 0 Å². The minimum absolute atomic E-state index is 0.0472. The first-order valence-electron chi connectivity index (χ1n) is 8.24. The molecule has 0 amide bonds. The average molecular weight is 430 g/mol. The van der Waals surface area contributed by atoms with Crippen molar-refractivity contribution in [2.45, 2.75) is 12.5 Å². The van der Waals surface area contributed by atoms with E-state index in [1.165, 1.54) is 12.1 Å². The second-order valence-electron chi connectivity index (χ2n) is 6.12. The summed E-state index contributed by atoms with van der Waals surface area (Å²) in [5, 5.41) is 7.59. The molecule has 3 aromatic carbocycles. The van der Waals surface area contributed by atoms with E-state index < -0.39 is 0 Å². The number of anilines is 1. The maximum Gasteiger partial charge on any atom is 0.123 e. The Hall–Kier alpha value is -2.17. The molecule has 0 N–H and O–H groups in total. The molecule has 5 heteroatoms. The number of hydrazone groups is 1. The fourth-order valence-corrected chi connectivity index (χ4v) is 3.72. The highest BCUT2D eigenvalue weighted by Gasteiger charge is 2.30. The smallest absolute Gasteiger partial charge is 0.123 e. The van der Waals surface area contributed by atoms with Crippen LogP contribution in [0, 0.1) is 5.82 Å². The molecule has 1 aliphatic heterocycles. The summed E-state index contributed by atoms with van der Waals surface area (Å²) in [6.07, 6.45) is 0.731. The lowest BCUT2D eigenvalue weighted by atomic mass is 9.98. The predicted molar refractivity (Wildman–Crippen MR) is 108 cm³/mol. The van der Waals surface area contributed by atoms with Crippen LogP contribution in [0.15, 0.2) is 82.4 Å². The van der Waals surface area contributed by atoms with Gasteiger partial charge in [-0.2, -0.15) is 5.10 Å². The van der Waals surface area contributed by atoms with E-state index in [4.69, 9.17) is 16.7 Å². The molecule has 0 fully saturated rings. The Balaban J connectivity index is 1.77. The molecule has 26 heavy (non-hydrogen) atoms. The van der Waals surface area contributed by atoms with Gasteiger partial charge in [0, 0.05) is 15.9 Å². The van der Waals surface area contributed by atoms with Crippen LogP contribution in [-0.4, -0.2) is 5.71 Å². The Labute approximate surface area is 165 Å². The van der Waals surface area contributed by atoms with Crippen molar-refractivity contribution in [1.82, 2.24) is 0 Å². The maximum atomic E-state index is 13.3. The zero-order valence-corrected chi connectivity index (χ0v) is 16.1. The van der Waals surface area contributed by atoms with Crippen molar-refractivity contribution in [2.75, 3.05) is 5.01 Å². The highest BCUT2D eigenvalue weighted by molar-refractivity contribution is 9.10. The summed E-state index contributed by atoms with van der Waals surface area (Å²) in [6.45, 7) is 0. The number of para-hydroxylation sites is 1. The second-order valence-corrected chi connectivity index (χ2v) is 7.41. The monoisotopic (exact) mass is 428 g/mol. The predicted octanol–water partition coefficient (Wildman–Crippen LogP) is 6.60. The number of hydrogen-bond donors (Lipinski definition) is 0. The lowest BCUT2D eigenvalue weighted by Crippen LogP contribution is -2.18. The van der Waals surface area contributed by atoms with Crippen LogP contribution < -0.4 is 5.01 Å². The molecule has 3 aromatic rings. The fourth-order valence-electron chi connectivity index (χ4n) is 3.13. The van der Waals surface area contributed by atoms with E-state index in [1.54, 1.807) is 12.1 Å². The minimum Gasteiger partial charge on any atom is -0.256 e. The van der Waals surface area contributed by atoms with E-state index in [1.807, 2.05) is 53.5 Å². The summed E-state index contributed by atoms with van der Waals surface area (Å²) in [7, 11) is 0. The third-order valence-electron chi connectivity index (χ3n) is 4.44. The van der Waals surface area contributed by atoms with Crippen LogP contribution in [0.25, 0.3) is 0 Å². The van der Waals surface area contributed by atoms with Crippen LogP contribution in [0.2, 0.25) is 5.02 Å². The van der Waals surface area contributed by atoms with E-state index >= 15 is 0 Å². The van der Waals surface area contributed by atoms with Gasteiger partial charge in [0.15, 0.2) is 0 Å². The average Bonchev–Trinajstić information content (AvgIpc) is 3.08. The van der Waals surface area contributed by atoms with Crippen LogP contribution in [0.3, 0.4) is 0 Å². The third-order valence-corrected chi connectivity index (χ3v) is 5.36. The lowest BCUT2D eigenvalue weighted by molar-refractivity contribution is 0.627. The zero-order valence-electron chi connectivity index (χ0n) is 13.7. The van der Waals surface area contributed by atoms with Crippen LogP contribution in [0.4, 0.5) is 10.1 Å². The van der Waals surface area contributed by atoms with Gasteiger partial charge < -0.3 is 0 Å². The van der Waals surface area contributed by atoms with E-state index in [9.17, 15) is 4.39 Å². The molecule has 0 bridgehead atoms. The molecule has 1 aliphatic rings. The fraction of sp³-hybridized carbons (Fsp3) is 0.0952. The summed E-state index contributed by atoms with van der Waals surface area (Å²) in [6, 6.07) is 22.4. The van der Waals surface area contributed by atoms with Gasteiger partial charge in [-0.1, -0.05) is 48.0 Å². The Morgan fingerprint density at radius 1 is 0.962 bits per heavy atom. The number of halogens is 3. The molecule has 0 aliphatic carbocycles. The van der Waals surface area contributed by atoms with Crippen molar-refractivity contribution in [1.29, 1.82) is 0 Å². The largest absolute Gasteiger partial charge is 0.256 e. The van der Waals surface area contributed by atoms with E-state index in [-0.39, 0.29) is 11.9 Å². The summed E-state index contributed by atoms with van der Waals surface area (Å²) in [5.41, 5.74) is 3.98. The standard InChI is InChI=1S/C21H15BrClFN2/c22-18-3-1-2-4-20(18)26-21(15-5-9-16(23)10-6-15)13-19(25-26)14-7-11-17(24)12-8-14/h1-12,21H,13H2/t21-/m0/s1. The van der Waals surface area contributed by atoms with Crippen molar-refractivity contribution in [3.05, 3.63) is 99.2 Å². The Morgan fingerprint density at radius 3 is 2.35 bits per heavy atom. The molecule has 0 spiro atoms. The summed E-state index contributed by atoms with van der Waals surface area (Å²) < 4.78 is 14.3. The van der Waals surface area contributed by atoms with Gasteiger partial charge in [-0.3, -0.25) is 5.01 Å². The van der Waals surface area contributed by atoms with Crippen molar-refractivity contribution in [2.24, 2.45) is 5.10 Å². The SMILES string of the molecule is Fc1ccc(C2=NN(c3ccccc3Br)[C@H](c3ccc(Cl)cc3)C2)cc1. The molecule has 0 unspecified atom stereocenters. The third kappa shape index (κ3) is 3.39. The van der Waals surface area contributed by atoms with Gasteiger partial charge in [-0.05, 0) is 63.5 Å². The summed E-state index contributed by atoms with van der Waals surface area (Å²) >= 11 is 9.67. The van der Waals surface area contributed by atoms with Crippen molar-refractivity contribution in [3.8, 4) is 0 Å². The lowest BCUT2D eigenvalue weighted by Gasteiger charge is -2.25. The zero-order chi connectivity index (χ0) is 18.1. The molecule has 2 nitrogen and oxygen atoms in total. The van der Waals surface area contributed by atoms with Gasteiger partial charge in [0.25, 0.3) is 0 Å². The first kappa shape index (κ1) is 17.3. The molecule has 1 heterocycles. The van der Waals surface area contributed by atoms with Crippen molar-refractivity contribution in [3.63, 3.8) is 0 Å². The summed E-state index contributed by atoms with van der Waals surface area (Å²) in [5.74, 6) is -0.246. The van der Waals surface area contributed by atoms with Crippen LogP contribution in [0.1, 0.15) is 23.6 Å². The van der Waals surface area contributed by atoms with E-state index in [2.05, 4.69) is 15.9 Å². The molecular weight excluding hydrogens is 415 g/mol. The van der Waals surface area contributed by atoms with Gasteiger partial charge >= 0.3 is 0 Å². The normalized spacial score (nSPS) is 16.7.